The zero-order valence-electron chi connectivity index (χ0n) is 11.0. The molecule has 0 radical (unpaired) electrons. The van der Waals surface area contributed by atoms with Gasteiger partial charge in [0.2, 0.25) is 5.91 Å². The summed E-state index contributed by atoms with van der Waals surface area (Å²) in [6.07, 6.45) is 4.56. The molecule has 0 saturated carbocycles. The third-order valence-corrected chi connectivity index (χ3v) is 3.22. The average molecular weight is 282 g/mol. The number of amides is 1. The highest BCUT2D eigenvalue weighted by Gasteiger charge is 2.07. The number of nitrogens with zero attached hydrogens (tertiary/aromatic N) is 1. The molecule has 1 aromatic heterocycles. The Labute approximate surface area is 116 Å². The summed E-state index contributed by atoms with van der Waals surface area (Å²) in [7, 11) is 1.38. The monoisotopic (exact) mass is 282 g/mol. The van der Waals surface area contributed by atoms with Gasteiger partial charge >= 0.3 is 5.97 Å². The first-order valence-corrected chi connectivity index (χ1v) is 6.95. The Morgan fingerprint density at radius 2 is 2.32 bits per heavy atom. The molecule has 1 aromatic rings. The van der Waals surface area contributed by atoms with Crippen molar-refractivity contribution in [3.05, 3.63) is 23.7 Å². The minimum Gasteiger partial charge on any atom is -0.469 e. The van der Waals surface area contributed by atoms with E-state index in [0.717, 1.165) is 5.69 Å². The Balaban J connectivity index is 2.33. The molecule has 0 saturated heterocycles. The maximum Gasteiger partial charge on any atom is 0.305 e. The highest BCUT2D eigenvalue weighted by atomic mass is 32.1. The van der Waals surface area contributed by atoms with E-state index in [1.165, 1.54) is 18.4 Å². The number of rotatable bonds is 8. The van der Waals surface area contributed by atoms with Gasteiger partial charge in [0.25, 0.3) is 0 Å². The first-order chi connectivity index (χ1) is 9.15. The quantitative estimate of drug-likeness (QED) is 0.587. The summed E-state index contributed by atoms with van der Waals surface area (Å²) in [5.74, 6) is -0.274. The lowest BCUT2D eigenvalue weighted by Gasteiger charge is -1.99. The number of esters is 1. The van der Waals surface area contributed by atoms with Crippen LogP contribution in [0, 0.1) is 0 Å². The minimum atomic E-state index is -0.215. The predicted octanol–water partition coefficient (Wildman–Crippen LogP) is 2.54. The van der Waals surface area contributed by atoms with E-state index in [0.29, 0.717) is 37.2 Å². The number of ether oxygens (including phenoxy) is 1. The van der Waals surface area contributed by atoms with Crippen molar-refractivity contribution < 1.29 is 14.3 Å². The molecule has 0 unspecified atom stereocenters. The molecule has 6 heteroatoms. The number of aromatic nitrogens is 1. The Morgan fingerprint density at radius 3 is 3.00 bits per heavy atom. The summed E-state index contributed by atoms with van der Waals surface area (Å²) >= 11 is 1.39. The van der Waals surface area contributed by atoms with Gasteiger partial charge in [0.15, 0.2) is 5.13 Å². The second-order valence-corrected chi connectivity index (χ2v) is 4.81. The number of aryl methyl sites for hydroxylation is 1. The fraction of sp³-hybridized carbons (Fsp3) is 0.462. The normalized spacial score (nSPS) is 9.95. The standard InChI is InChI=1S/C13H18N2O3S/c1-3-4-7-11(16)15-13-14-10(9-19-13)6-5-8-12(17)18-2/h3,9H,1,4-8H2,2H3,(H,14,15,16). The minimum absolute atomic E-state index is 0.0599. The number of hydrogen-bond acceptors (Lipinski definition) is 5. The van der Waals surface area contributed by atoms with Gasteiger partial charge in [0, 0.05) is 18.2 Å². The molecular formula is C13H18N2O3S. The smallest absolute Gasteiger partial charge is 0.305 e. The van der Waals surface area contributed by atoms with Crippen molar-refractivity contribution in [2.45, 2.75) is 32.1 Å². The van der Waals surface area contributed by atoms with Gasteiger partial charge < -0.3 is 10.1 Å². The van der Waals surface area contributed by atoms with Crippen LogP contribution in [0.15, 0.2) is 18.0 Å². The summed E-state index contributed by atoms with van der Waals surface area (Å²) < 4.78 is 4.56. The highest BCUT2D eigenvalue weighted by Crippen LogP contribution is 2.17. The van der Waals surface area contributed by atoms with Crippen LogP contribution in [0.5, 0.6) is 0 Å². The van der Waals surface area contributed by atoms with Crippen molar-refractivity contribution in [2.75, 3.05) is 12.4 Å². The van der Waals surface area contributed by atoms with Gasteiger partial charge in [-0.25, -0.2) is 4.98 Å². The molecule has 0 spiro atoms. The van der Waals surface area contributed by atoms with Crippen LogP contribution < -0.4 is 5.32 Å². The summed E-state index contributed by atoms with van der Waals surface area (Å²) in [5, 5.41) is 5.23. The maximum absolute atomic E-state index is 11.5. The molecule has 0 aromatic carbocycles. The molecular weight excluding hydrogens is 264 g/mol. The van der Waals surface area contributed by atoms with Crippen molar-refractivity contribution in [3.8, 4) is 0 Å². The molecule has 0 aliphatic rings. The molecule has 1 amide bonds. The van der Waals surface area contributed by atoms with Crippen molar-refractivity contribution in [3.63, 3.8) is 0 Å². The van der Waals surface area contributed by atoms with Crippen molar-refractivity contribution in [2.24, 2.45) is 0 Å². The Hall–Kier alpha value is -1.69. The Bertz CT molecular complexity index is 443. The van der Waals surface area contributed by atoms with Crippen LogP contribution in [0.2, 0.25) is 0 Å². The van der Waals surface area contributed by atoms with Crippen LogP contribution in [-0.2, 0) is 20.7 Å². The molecule has 0 aliphatic carbocycles. The fourth-order valence-corrected chi connectivity index (χ4v) is 2.17. The van der Waals surface area contributed by atoms with Gasteiger partial charge in [-0.3, -0.25) is 9.59 Å². The summed E-state index contributed by atoms with van der Waals surface area (Å²) in [6.45, 7) is 3.57. The third kappa shape index (κ3) is 6.15. The maximum atomic E-state index is 11.5. The first kappa shape index (κ1) is 15.4. The number of allylic oxidation sites excluding steroid dienone is 1. The molecule has 19 heavy (non-hydrogen) atoms. The largest absolute Gasteiger partial charge is 0.469 e. The van der Waals surface area contributed by atoms with Gasteiger partial charge in [-0.15, -0.1) is 17.9 Å². The van der Waals surface area contributed by atoms with E-state index >= 15 is 0 Å². The molecule has 1 N–H and O–H groups in total. The number of carbonyl (C=O) groups is 2. The van der Waals surface area contributed by atoms with E-state index in [1.807, 2.05) is 5.38 Å². The van der Waals surface area contributed by atoms with Gasteiger partial charge in [0.05, 0.1) is 12.8 Å². The second-order valence-electron chi connectivity index (χ2n) is 3.95. The number of hydrogen-bond donors (Lipinski definition) is 1. The topological polar surface area (TPSA) is 68.3 Å². The van der Waals surface area contributed by atoms with Crippen LogP contribution in [0.1, 0.15) is 31.4 Å². The van der Waals surface area contributed by atoms with Crippen LogP contribution in [0.3, 0.4) is 0 Å². The van der Waals surface area contributed by atoms with Crippen LogP contribution in [0.4, 0.5) is 5.13 Å². The van der Waals surface area contributed by atoms with Crippen molar-refractivity contribution >= 4 is 28.3 Å². The van der Waals surface area contributed by atoms with E-state index in [4.69, 9.17) is 0 Å². The highest BCUT2D eigenvalue weighted by molar-refractivity contribution is 7.13. The zero-order valence-corrected chi connectivity index (χ0v) is 11.8. The number of nitrogens with one attached hydrogen (secondary N) is 1. The predicted molar refractivity (Wildman–Crippen MR) is 75.1 cm³/mol. The lowest BCUT2D eigenvalue weighted by Crippen LogP contribution is -2.10. The SMILES string of the molecule is C=CCCC(=O)Nc1nc(CCCC(=O)OC)cs1. The average Bonchev–Trinajstić information content (AvgIpc) is 2.83. The van der Waals surface area contributed by atoms with Gasteiger partial charge in [-0.2, -0.15) is 0 Å². The van der Waals surface area contributed by atoms with Gasteiger partial charge in [-0.05, 0) is 19.3 Å². The molecule has 5 nitrogen and oxygen atoms in total. The number of carbonyl (C=O) groups excluding carboxylic acids is 2. The molecule has 1 heterocycles. The van der Waals surface area contributed by atoms with Crippen LogP contribution >= 0.6 is 11.3 Å². The Kier molecular flexibility index (Phi) is 6.81. The number of anilines is 1. The van der Waals surface area contributed by atoms with Crippen molar-refractivity contribution in [1.29, 1.82) is 0 Å². The van der Waals surface area contributed by atoms with E-state index in [9.17, 15) is 9.59 Å². The van der Waals surface area contributed by atoms with E-state index in [1.54, 1.807) is 6.08 Å². The Morgan fingerprint density at radius 1 is 1.53 bits per heavy atom. The molecule has 0 fully saturated rings. The lowest BCUT2D eigenvalue weighted by molar-refractivity contribution is -0.140. The van der Waals surface area contributed by atoms with E-state index < -0.39 is 0 Å². The fourth-order valence-electron chi connectivity index (χ4n) is 1.41. The molecule has 0 atom stereocenters. The molecule has 1 rings (SSSR count). The summed E-state index contributed by atoms with van der Waals surface area (Å²) in [5.41, 5.74) is 0.882. The first-order valence-electron chi connectivity index (χ1n) is 6.07. The van der Waals surface area contributed by atoms with E-state index in [2.05, 4.69) is 21.6 Å². The summed E-state index contributed by atoms with van der Waals surface area (Å²) in [4.78, 5) is 26.7. The van der Waals surface area contributed by atoms with E-state index in [-0.39, 0.29) is 11.9 Å². The zero-order chi connectivity index (χ0) is 14.1. The van der Waals surface area contributed by atoms with Crippen LogP contribution in [0.25, 0.3) is 0 Å². The van der Waals surface area contributed by atoms with Crippen molar-refractivity contribution in [1.82, 2.24) is 4.98 Å². The van der Waals surface area contributed by atoms with Gasteiger partial charge in [-0.1, -0.05) is 6.08 Å². The second kappa shape index (κ2) is 8.42. The third-order valence-electron chi connectivity index (χ3n) is 2.42. The number of methoxy groups -OCH3 is 1. The van der Waals surface area contributed by atoms with Crippen LogP contribution in [-0.4, -0.2) is 24.0 Å². The summed E-state index contributed by atoms with van der Waals surface area (Å²) in [6, 6.07) is 0. The number of thiazole rings is 1. The molecule has 0 aliphatic heterocycles. The molecule has 0 bridgehead atoms. The van der Waals surface area contributed by atoms with Gasteiger partial charge in [0.1, 0.15) is 0 Å². The lowest BCUT2D eigenvalue weighted by atomic mass is 10.2. The molecule has 104 valence electrons.